The van der Waals surface area contributed by atoms with Gasteiger partial charge in [-0.2, -0.15) is 0 Å². The zero-order chi connectivity index (χ0) is 22.1. The molecule has 0 fully saturated rings. The Bertz CT molecular complexity index is 1250. The van der Waals surface area contributed by atoms with Gasteiger partial charge < -0.3 is 24.4 Å². The fourth-order valence-corrected chi connectivity index (χ4v) is 4.22. The standard InChI is InChI=1S/C24H24N6O2/c1-27(23-22(7-4-12-25-23)28(17-32)15-16-31)18-8-10-19(11-9-18)29-13-14-30-21-6-3-2-5-20(21)26-24(29)30/h2-12,17,31H,13-16H2,1H3. The summed E-state index contributed by atoms with van der Waals surface area (Å²) in [6.45, 7) is 1.88. The lowest BCUT2D eigenvalue weighted by molar-refractivity contribution is -0.107. The molecule has 162 valence electrons. The summed E-state index contributed by atoms with van der Waals surface area (Å²) in [4.78, 5) is 26.4. The first-order valence-electron chi connectivity index (χ1n) is 10.6. The highest BCUT2D eigenvalue weighted by Crippen LogP contribution is 2.35. The first kappa shape index (κ1) is 20.0. The number of fused-ring (bicyclic) bond motifs is 3. The highest BCUT2D eigenvalue weighted by atomic mass is 16.3. The van der Waals surface area contributed by atoms with E-state index in [1.165, 1.54) is 4.90 Å². The van der Waals surface area contributed by atoms with E-state index in [9.17, 15) is 9.90 Å². The summed E-state index contributed by atoms with van der Waals surface area (Å²) in [5.74, 6) is 1.61. The molecule has 0 radical (unpaired) electrons. The number of carbonyl (C=O) groups excluding carboxylic acids is 1. The molecule has 1 amide bonds. The summed E-state index contributed by atoms with van der Waals surface area (Å²) >= 11 is 0. The van der Waals surface area contributed by atoms with Crippen molar-refractivity contribution in [3.63, 3.8) is 0 Å². The first-order valence-corrected chi connectivity index (χ1v) is 10.6. The minimum Gasteiger partial charge on any atom is -0.395 e. The van der Waals surface area contributed by atoms with E-state index in [1.807, 2.05) is 48.3 Å². The van der Waals surface area contributed by atoms with Gasteiger partial charge in [-0.3, -0.25) is 4.79 Å². The largest absolute Gasteiger partial charge is 0.395 e. The number of pyridine rings is 1. The van der Waals surface area contributed by atoms with Crippen molar-refractivity contribution in [1.29, 1.82) is 0 Å². The molecule has 0 spiro atoms. The van der Waals surface area contributed by atoms with Crippen LogP contribution >= 0.6 is 0 Å². The number of carbonyl (C=O) groups is 1. The predicted molar refractivity (Wildman–Crippen MR) is 126 cm³/mol. The Labute approximate surface area is 186 Å². The van der Waals surface area contributed by atoms with Crippen LogP contribution in [-0.2, 0) is 11.3 Å². The number of imidazole rings is 1. The number of para-hydroxylation sites is 2. The van der Waals surface area contributed by atoms with Crippen molar-refractivity contribution in [3.05, 3.63) is 66.9 Å². The van der Waals surface area contributed by atoms with Crippen molar-refractivity contribution in [2.75, 3.05) is 41.4 Å². The van der Waals surface area contributed by atoms with E-state index in [1.54, 1.807) is 12.3 Å². The van der Waals surface area contributed by atoms with E-state index in [2.05, 4.69) is 32.7 Å². The van der Waals surface area contributed by atoms with Crippen LogP contribution in [0.4, 0.5) is 28.8 Å². The lowest BCUT2D eigenvalue weighted by atomic mass is 10.2. The van der Waals surface area contributed by atoms with Crippen LogP contribution in [0.2, 0.25) is 0 Å². The summed E-state index contributed by atoms with van der Waals surface area (Å²) < 4.78 is 2.25. The van der Waals surface area contributed by atoms with Crippen molar-refractivity contribution in [2.45, 2.75) is 6.54 Å². The molecule has 1 aliphatic heterocycles. The van der Waals surface area contributed by atoms with Gasteiger partial charge in [0.2, 0.25) is 12.4 Å². The van der Waals surface area contributed by atoms with Gasteiger partial charge in [-0.15, -0.1) is 0 Å². The molecule has 2 aromatic carbocycles. The smallest absolute Gasteiger partial charge is 0.214 e. The van der Waals surface area contributed by atoms with E-state index in [0.29, 0.717) is 17.9 Å². The molecule has 0 saturated carbocycles. The summed E-state index contributed by atoms with van der Waals surface area (Å²) in [6.07, 6.45) is 2.41. The van der Waals surface area contributed by atoms with E-state index in [-0.39, 0.29) is 13.2 Å². The molecule has 0 aliphatic carbocycles. The van der Waals surface area contributed by atoms with Crippen LogP contribution in [0.15, 0.2) is 66.9 Å². The molecule has 0 unspecified atom stereocenters. The van der Waals surface area contributed by atoms with Crippen molar-refractivity contribution >= 4 is 46.3 Å². The maximum Gasteiger partial charge on any atom is 0.214 e. The van der Waals surface area contributed by atoms with Crippen molar-refractivity contribution in [2.24, 2.45) is 0 Å². The number of aliphatic hydroxyl groups excluding tert-OH is 1. The summed E-state index contributed by atoms with van der Waals surface area (Å²) in [7, 11) is 1.91. The third-order valence-corrected chi connectivity index (χ3v) is 5.83. The summed E-state index contributed by atoms with van der Waals surface area (Å²) in [6, 6.07) is 20.0. The maximum absolute atomic E-state index is 11.5. The number of nitrogens with zero attached hydrogens (tertiary/aromatic N) is 6. The molecule has 2 aromatic heterocycles. The third kappa shape index (κ3) is 3.34. The average molecular weight is 428 g/mol. The second-order valence-electron chi connectivity index (χ2n) is 7.65. The second-order valence-corrected chi connectivity index (χ2v) is 7.65. The fraction of sp³-hybridized carbons (Fsp3) is 0.208. The lowest BCUT2D eigenvalue weighted by Gasteiger charge is -2.26. The van der Waals surface area contributed by atoms with Gasteiger partial charge in [-0.25, -0.2) is 9.97 Å². The molecule has 4 aromatic rings. The van der Waals surface area contributed by atoms with Crippen molar-refractivity contribution in [1.82, 2.24) is 14.5 Å². The molecular formula is C24H24N6O2. The Hall–Kier alpha value is -3.91. The van der Waals surface area contributed by atoms with Crippen LogP contribution in [0, 0.1) is 0 Å². The van der Waals surface area contributed by atoms with Gasteiger partial charge in [0, 0.05) is 44.3 Å². The number of aromatic nitrogens is 3. The van der Waals surface area contributed by atoms with Gasteiger partial charge in [-0.05, 0) is 48.5 Å². The van der Waals surface area contributed by atoms with Gasteiger partial charge >= 0.3 is 0 Å². The van der Waals surface area contributed by atoms with E-state index >= 15 is 0 Å². The monoisotopic (exact) mass is 428 g/mol. The predicted octanol–water partition coefficient (Wildman–Crippen LogP) is 3.31. The Kier molecular flexibility index (Phi) is 5.20. The van der Waals surface area contributed by atoms with E-state index in [0.717, 1.165) is 41.4 Å². The molecule has 1 aliphatic rings. The normalized spacial score (nSPS) is 12.8. The Morgan fingerprint density at radius 1 is 1.06 bits per heavy atom. The summed E-state index contributed by atoms with van der Waals surface area (Å²) in [5.41, 5.74) is 4.83. The van der Waals surface area contributed by atoms with Gasteiger partial charge in [0.15, 0.2) is 5.82 Å². The number of aliphatic hydroxyl groups is 1. The molecule has 1 N–H and O–H groups in total. The quantitative estimate of drug-likeness (QED) is 0.455. The SMILES string of the molecule is CN(c1ccc(N2CCn3c2nc2ccccc23)cc1)c1ncccc1N(C=O)CCO. The van der Waals surface area contributed by atoms with E-state index in [4.69, 9.17) is 4.98 Å². The van der Waals surface area contributed by atoms with Gasteiger partial charge in [0.25, 0.3) is 0 Å². The zero-order valence-electron chi connectivity index (χ0n) is 17.8. The van der Waals surface area contributed by atoms with Crippen molar-refractivity contribution in [3.8, 4) is 0 Å². The minimum atomic E-state index is -0.119. The molecule has 8 nitrogen and oxygen atoms in total. The number of hydrogen-bond donors (Lipinski definition) is 1. The van der Waals surface area contributed by atoms with Gasteiger partial charge in [0.05, 0.1) is 23.3 Å². The molecular weight excluding hydrogens is 404 g/mol. The molecule has 0 saturated heterocycles. The highest BCUT2D eigenvalue weighted by molar-refractivity contribution is 5.85. The minimum absolute atomic E-state index is 0.119. The number of anilines is 5. The summed E-state index contributed by atoms with van der Waals surface area (Å²) in [5, 5.41) is 9.28. The van der Waals surface area contributed by atoms with Crippen LogP contribution in [-0.4, -0.2) is 52.8 Å². The molecule has 8 heteroatoms. The van der Waals surface area contributed by atoms with Gasteiger partial charge in [0.1, 0.15) is 0 Å². The maximum atomic E-state index is 11.5. The number of amides is 1. The highest BCUT2D eigenvalue weighted by Gasteiger charge is 2.24. The van der Waals surface area contributed by atoms with Crippen LogP contribution in [0.5, 0.6) is 0 Å². The topological polar surface area (TPSA) is 77.7 Å². The number of hydrogen-bond acceptors (Lipinski definition) is 6. The Balaban J connectivity index is 1.43. The lowest BCUT2D eigenvalue weighted by Crippen LogP contribution is -2.27. The zero-order valence-corrected chi connectivity index (χ0v) is 17.8. The molecule has 5 rings (SSSR count). The Morgan fingerprint density at radius 3 is 2.66 bits per heavy atom. The van der Waals surface area contributed by atoms with Crippen molar-refractivity contribution < 1.29 is 9.90 Å². The Morgan fingerprint density at radius 2 is 1.88 bits per heavy atom. The van der Waals surface area contributed by atoms with E-state index < -0.39 is 0 Å². The molecule has 3 heterocycles. The molecule has 0 atom stereocenters. The number of benzene rings is 2. The number of rotatable bonds is 7. The van der Waals surface area contributed by atoms with Crippen LogP contribution < -0.4 is 14.7 Å². The van der Waals surface area contributed by atoms with Crippen LogP contribution in [0.1, 0.15) is 0 Å². The molecule has 0 bridgehead atoms. The second kappa shape index (κ2) is 8.32. The fourth-order valence-electron chi connectivity index (χ4n) is 4.22. The first-order chi connectivity index (χ1) is 15.7. The van der Waals surface area contributed by atoms with Crippen LogP contribution in [0.25, 0.3) is 11.0 Å². The average Bonchev–Trinajstić information content (AvgIpc) is 3.42. The van der Waals surface area contributed by atoms with Crippen LogP contribution in [0.3, 0.4) is 0 Å². The molecule has 32 heavy (non-hydrogen) atoms. The third-order valence-electron chi connectivity index (χ3n) is 5.83. The van der Waals surface area contributed by atoms with Gasteiger partial charge in [-0.1, -0.05) is 12.1 Å².